The number of nitrogens with one attached hydrogen (secondary N) is 1. The minimum absolute atomic E-state index is 0.0360. The smallest absolute Gasteiger partial charge is 0.252 e. The Morgan fingerprint density at radius 3 is 2.82 bits per heavy atom. The van der Waals surface area contributed by atoms with Gasteiger partial charge in [0.25, 0.3) is 5.91 Å². The van der Waals surface area contributed by atoms with E-state index in [4.69, 9.17) is 0 Å². The molecule has 0 bridgehead atoms. The molecule has 1 amide bonds. The lowest BCUT2D eigenvalue weighted by molar-refractivity contribution is 0.0948. The molecule has 0 heterocycles. The average Bonchev–Trinajstić information content (AvgIpc) is 2.29. The third-order valence-electron chi connectivity index (χ3n) is 2.24. The molecule has 2 nitrogen and oxygen atoms in total. The molecule has 5 heteroatoms. The summed E-state index contributed by atoms with van der Waals surface area (Å²) in [6.07, 6.45) is 2.07. The van der Waals surface area contributed by atoms with Crippen LogP contribution in [0.4, 0.5) is 0 Å². The number of carbonyl (C=O) groups is 1. The number of hydrogen-bond acceptors (Lipinski definition) is 2. The van der Waals surface area contributed by atoms with Gasteiger partial charge in [-0.15, -0.1) is 0 Å². The van der Waals surface area contributed by atoms with Crippen LogP contribution in [0, 0.1) is 5.92 Å². The summed E-state index contributed by atoms with van der Waals surface area (Å²) in [4.78, 5) is 12.0. The number of benzene rings is 1. The molecule has 0 aliphatic heterocycles. The van der Waals surface area contributed by atoms with Crippen molar-refractivity contribution in [2.45, 2.75) is 6.92 Å². The van der Waals surface area contributed by atoms with Crippen molar-refractivity contribution in [2.75, 3.05) is 18.6 Å². The molecule has 1 aromatic rings. The van der Waals surface area contributed by atoms with Crippen LogP contribution in [0.2, 0.25) is 0 Å². The van der Waals surface area contributed by atoms with Gasteiger partial charge in [0.1, 0.15) is 0 Å². The molecule has 1 aromatic carbocycles. The molecule has 0 radical (unpaired) electrons. The highest BCUT2D eigenvalue weighted by Crippen LogP contribution is 2.21. The van der Waals surface area contributed by atoms with Crippen molar-refractivity contribution in [3.8, 4) is 0 Å². The fraction of sp³-hybridized carbons (Fsp3) is 0.417. The number of amides is 1. The molecule has 0 saturated carbocycles. The lowest BCUT2D eigenvalue weighted by Crippen LogP contribution is -2.29. The highest BCUT2D eigenvalue weighted by atomic mass is 79.9. The summed E-state index contributed by atoms with van der Waals surface area (Å²) in [7, 11) is 0. The average molecular weight is 381 g/mol. The highest BCUT2D eigenvalue weighted by Gasteiger charge is 2.11. The maximum absolute atomic E-state index is 12.0. The summed E-state index contributed by atoms with van der Waals surface area (Å²) in [5.41, 5.74) is 0.663. The van der Waals surface area contributed by atoms with Crippen LogP contribution < -0.4 is 5.32 Å². The molecule has 0 aliphatic rings. The van der Waals surface area contributed by atoms with Crippen molar-refractivity contribution < 1.29 is 4.79 Å². The maximum Gasteiger partial charge on any atom is 0.252 e. The summed E-state index contributed by atoms with van der Waals surface area (Å²) in [6, 6.07) is 5.58. The summed E-state index contributed by atoms with van der Waals surface area (Å²) >= 11 is 8.54. The number of halogens is 2. The summed E-state index contributed by atoms with van der Waals surface area (Å²) in [5.74, 6) is 1.51. The third kappa shape index (κ3) is 5.02. The van der Waals surface area contributed by atoms with Gasteiger partial charge in [-0.2, -0.15) is 11.8 Å². The minimum Gasteiger partial charge on any atom is -0.352 e. The third-order valence-corrected chi connectivity index (χ3v) is 4.32. The zero-order valence-corrected chi connectivity index (χ0v) is 13.8. The Hall–Kier alpha value is -0.000000000000000111. The Bertz CT molecular complexity index is 398. The lowest BCUT2D eigenvalue weighted by atomic mass is 10.2. The van der Waals surface area contributed by atoms with Crippen LogP contribution in [0.5, 0.6) is 0 Å². The molecule has 1 rings (SSSR count). The predicted octanol–water partition coefficient (Wildman–Crippen LogP) is 3.94. The zero-order chi connectivity index (χ0) is 12.8. The Morgan fingerprint density at radius 2 is 2.18 bits per heavy atom. The largest absolute Gasteiger partial charge is 0.352 e. The first-order valence-electron chi connectivity index (χ1n) is 5.26. The Labute approximate surface area is 123 Å². The van der Waals surface area contributed by atoms with Gasteiger partial charge in [-0.25, -0.2) is 0 Å². The van der Waals surface area contributed by atoms with Crippen molar-refractivity contribution in [1.82, 2.24) is 5.32 Å². The number of rotatable bonds is 5. The monoisotopic (exact) mass is 379 g/mol. The number of carbonyl (C=O) groups excluding carboxylic acids is 1. The van der Waals surface area contributed by atoms with Crippen molar-refractivity contribution in [3.63, 3.8) is 0 Å². The van der Waals surface area contributed by atoms with Crippen LogP contribution in [0.1, 0.15) is 17.3 Å². The molecule has 94 valence electrons. The highest BCUT2D eigenvalue weighted by molar-refractivity contribution is 9.11. The van der Waals surface area contributed by atoms with E-state index in [1.165, 1.54) is 0 Å². The summed E-state index contributed by atoms with van der Waals surface area (Å²) < 4.78 is 1.72. The molecule has 0 saturated heterocycles. The first kappa shape index (κ1) is 15.1. The van der Waals surface area contributed by atoms with E-state index in [0.29, 0.717) is 18.0 Å². The number of hydrogen-bond donors (Lipinski definition) is 1. The Kier molecular flexibility index (Phi) is 6.59. The fourth-order valence-corrected chi connectivity index (χ4v) is 2.85. The SMILES string of the molecule is CSCC(C)CNC(=O)c1cc(Br)ccc1Br. The van der Waals surface area contributed by atoms with Crippen molar-refractivity contribution in [1.29, 1.82) is 0 Å². The second-order valence-corrected chi connectivity index (χ2v) is 6.58. The molecule has 1 atom stereocenters. The van der Waals surface area contributed by atoms with Crippen LogP contribution >= 0.6 is 43.6 Å². The molecular formula is C12H15Br2NOS. The molecule has 0 aliphatic carbocycles. The van der Waals surface area contributed by atoms with Crippen molar-refractivity contribution >= 4 is 49.5 Å². The van der Waals surface area contributed by atoms with Gasteiger partial charge in [0.15, 0.2) is 0 Å². The Balaban J connectivity index is 2.61. The van der Waals surface area contributed by atoms with Gasteiger partial charge < -0.3 is 5.32 Å². The van der Waals surface area contributed by atoms with E-state index in [1.807, 2.05) is 18.2 Å². The van der Waals surface area contributed by atoms with Gasteiger partial charge in [0.05, 0.1) is 5.56 Å². The molecule has 0 aromatic heterocycles. The maximum atomic E-state index is 12.0. The molecule has 0 fully saturated rings. The van der Waals surface area contributed by atoms with E-state index in [9.17, 15) is 4.79 Å². The summed E-state index contributed by atoms with van der Waals surface area (Å²) in [5, 5.41) is 2.95. The number of thioether (sulfide) groups is 1. The van der Waals surface area contributed by atoms with Crippen LogP contribution in [-0.2, 0) is 0 Å². The van der Waals surface area contributed by atoms with E-state index >= 15 is 0 Å². The van der Waals surface area contributed by atoms with Crippen LogP contribution in [0.15, 0.2) is 27.1 Å². The topological polar surface area (TPSA) is 29.1 Å². The van der Waals surface area contributed by atoms with Gasteiger partial charge in [0, 0.05) is 15.5 Å². The van der Waals surface area contributed by atoms with Crippen LogP contribution in [0.25, 0.3) is 0 Å². The quantitative estimate of drug-likeness (QED) is 0.838. The first-order valence-corrected chi connectivity index (χ1v) is 8.24. The fourth-order valence-electron chi connectivity index (χ4n) is 1.38. The molecule has 17 heavy (non-hydrogen) atoms. The van der Waals surface area contributed by atoms with Gasteiger partial charge in [-0.3, -0.25) is 4.79 Å². The normalized spacial score (nSPS) is 12.2. The van der Waals surface area contributed by atoms with Gasteiger partial charge in [-0.05, 0) is 52.1 Å². The van der Waals surface area contributed by atoms with E-state index in [1.54, 1.807) is 11.8 Å². The minimum atomic E-state index is -0.0360. The standard InChI is InChI=1S/C12H15Br2NOS/c1-8(7-17-2)6-15-12(16)10-5-9(13)3-4-11(10)14/h3-5,8H,6-7H2,1-2H3,(H,15,16). The lowest BCUT2D eigenvalue weighted by Gasteiger charge is -2.12. The second-order valence-electron chi connectivity index (χ2n) is 3.89. The van der Waals surface area contributed by atoms with Gasteiger partial charge in [0.2, 0.25) is 0 Å². The van der Waals surface area contributed by atoms with Crippen molar-refractivity contribution in [2.24, 2.45) is 5.92 Å². The van der Waals surface area contributed by atoms with Gasteiger partial charge in [-0.1, -0.05) is 22.9 Å². The van der Waals surface area contributed by atoms with Crippen LogP contribution in [-0.4, -0.2) is 24.5 Å². The van der Waals surface area contributed by atoms with E-state index in [0.717, 1.165) is 14.7 Å². The van der Waals surface area contributed by atoms with Crippen molar-refractivity contribution in [3.05, 3.63) is 32.7 Å². The van der Waals surface area contributed by atoms with Crippen LogP contribution in [0.3, 0.4) is 0 Å². The molecular weight excluding hydrogens is 366 g/mol. The van der Waals surface area contributed by atoms with Gasteiger partial charge >= 0.3 is 0 Å². The van der Waals surface area contributed by atoms with E-state index in [-0.39, 0.29) is 5.91 Å². The molecule has 1 N–H and O–H groups in total. The van der Waals surface area contributed by atoms with E-state index < -0.39 is 0 Å². The predicted molar refractivity (Wildman–Crippen MR) is 81.7 cm³/mol. The Morgan fingerprint density at radius 1 is 1.47 bits per heavy atom. The van der Waals surface area contributed by atoms with E-state index in [2.05, 4.69) is 50.4 Å². The second kappa shape index (κ2) is 7.44. The zero-order valence-electron chi connectivity index (χ0n) is 9.80. The summed E-state index contributed by atoms with van der Waals surface area (Å²) in [6.45, 7) is 2.84. The molecule has 0 spiro atoms. The first-order chi connectivity index (χ1) is 8.04. The molecule has 1 unspecified atom stereocenters.